The summed E-state index contributed by atoms with van der Waals surface area (Å²) in [5.41, 5.74) is 4.90. The molecule has 0 aromatic rings. The van der Waals surface area contributed by atoms with Gasteiger partial charge in [0.25, 0.3) is 0 Å². The number of hydrogen-bond donors (Lipinski definition) is 5. The molecule has 37 heavy (non-hydrogen) atoms. The summed E-state index contributed by atoms with van der Waals surface area (Å²) in [6.45, 7) is 6.67. The zero-order valence-electron chi connectivity index (χ0n) is 22.3. The molecule has 2 aliphatic rings. The smallest absolute Gasteiger partial charge is 0.410 e. The highest BCUT2D eigenvalue weighted by molar-refractivity contribution is 6.21. The van der Waals surface area contributed by atoms with Gasteiger partial charge >= 0.3 is 6.09 Å². The average Bonchev–Trinajstić information content (AvgIpc) is 3.03. The van der Waals surface area contributed by atoms with E-state index >= 15 is 0 Å². The third-order valence-corrected chi connectivity index (χ3v) is 7.34. The van der Waals surface area contributed by atoms with Crippen molar-refractivity contribution >= 4 is 23.6 Å². The predicted octanol–water partition coefficient (Wildman–Crippen LogP) is 1.45. The molecule has 216 valence electrons. The number of alkyl halides is 2. The van der Waals surface area contributed by atoms with Crippen LogP contribution < -0.4 is 11.1 Å². The van der Waals surface area contributed by atoms with Gasteiger partial charge < -0.3 is 35.8 Å². The van der Waals surface area contributed by atoms with Crippen molar-refractivity contribution in [1.82, 2.24) is 10.2 Å². The molecule has 9 atom stereocenters. The van der Waals surface area contributed by atoms with Gasteiger partial charge in [0.05, 0.1) is 24.2 Å². The molecule has 0 aromatic heterocycles. The number of ether oxygens (including phenoxy) is 2. The summed E-state index contributed by atoms with van der Waals surface area (Å²) in [7, 11) is 0. The highest BCUT2D eigenvalue weighted by Gasteiger charge is 2.48. The van der Waals surface area contributed by atoms with Gasteiger partial charge in [0.2, 0.25) is 5.91 Å². The molecular weight excluding hydrogens is 509 g/mol. The molecule has 0 aliphatic carbocycles. The van der Waals surface area contributed by atoms with Crippen LogP contribution in [0.15, 0.2) is 0 Å². The van der Waals surface area contributed by atoms with E-state index in [4.69, 9.17) is 26.8 Å². The fourth-order valence-corrected chi connectivity index (χ4v) is 5.20. The maximum atomic E-state index is 13.6. The van der Waals surface area contributed by atoms with Gasteiger partial charge in [-0.15, -0.1) is 11.6 Å². The Kier molecular flexibility index (Phi) is 12.3. The lowest BCUT2D eigenvalue weighted by Gasteiger charge is -2.44. The number of rotatable bonds is 9. The second-order valence-electron chi connectivity index (χ2n) is 11.2. The number of nitrogens with zero attached hydrogens (tertiary/aromatic N) is 1. The zero-order valence-corrected chi connectivity index (χ0v) is 23.1. The first-order valence-electron chi connectivity index (χ1n) is 13.2. The fraction of sp³-hybridized carbons (Fsp3) is 0.920. The van der Waals surface area contributed by atoms with E-state index in [1.54, 1.807) is 27.7 Å². The minimum absolute atomic E-state index is 0.113. The van der Waals surface area contributed by atoms with Crippen LogP contribution in [0.2, 0.25) is 0 Å². The molecule has 2 saturated heterocycles. The molecule has 0 bridgehead atoms. The molecule has 2 heterocycles. The van der Waals surface area contributed by atoms with E-state index in [1.165, 1.54) is 4.90 Å². The van der Waals surface area contributed by atoms with E-state index < -0.39 is 65.6 Å². The topological polar surface area (TPSA) is 155 Å². The highest BCUT2D eigenvalue weighted by Crippen LogP contribution is 2.29. The molecular formula is C25H45ClFN3O7. The van der Waals surface area contributed by atoms with Crippen molar-refractivity contribution in [3.05, 3.63) is 0 Å². The van der Waals surface area contributed by atoms with Crippen LogP contribution in [0.4, 0.5) is 9.18 Å². The maximum Gasteiger partial charge on any atom is 0.410 e. The largest absolute Gasteiger partial charge is 0.444 e. The van der Waals surface area contributed by atoms with E-state index in [1.807, 2.05) is 0 Å². The van der Waals surface area contributed by atoms with Crippen LogP contribution in [0.25, 0.3) is 0 Å². The first kappa shape index (κ1) is 32.0. The quantitative estimate of drug-likeness (QED) is 0.212. The van der Waals surface area contributed by atoms with Gasteiger partial charge in [-0.1, -0.05) is 12.8 Å². The SMILES string of the molecule is C[C@H](Cl)[C@@H](NC(=O)[C@@H]1CC[C@H](CCCCF)CCN1C(=O)OC(C)(C)C)[C@H]1OC(CN)[C@H](O)C(O)[C@@H]1O. The number of nitrogens with two attached hydrogens (primary N) is 1. The second kappa shape index (κ2) is 14.2. The lowest BCUT2D eigenvalue weighted by molar-refractivity contribution is -0.225. The number of carbonyl (C=O) groups excluding carboxylic acids is 2. The number of hydrogen-bond acceptors (Lipinski definition) is 8. The summed E-state index contributed by atoms with van der Waals surface area (Å²) in [5, 5.41) is 33.2. The number of likely N-dealkylation sites (tertiary alicyclic amines) is 1. The van der Waals surface area contributed by atoms with Crippen molar-refractivity contribution in [2.24, 2.45) is 11.7 Å². The van der Waals surface area contributed by atoms with Crippen LogP contribution in [0, 0.1) is 5.92 Å². The zero-order chi connectivity index (χ0) is 27.9. The molecule has 0 saturated carbocycles. The van der Waals surface area contributed by atoms with Crippen LogP contribution in [0.3, 0.4) is 0 Å². The minimum Gasteiger partial charge on any atom is -0.444 e. The molecule has 2 unspecified atom stereocenters. The number of aliphatic hydroxyl groups excluding tert-OH is 3. The lowest BCUT2D eigenvalue weighted by Crippen LogP contribution is -2.67. The lowest BCUT2D eigenvalue weighted by atomic mass is 9.89. The summed E-state index contributed by atoms with van der Waals surface area (Å²) < 4.78 is 23.9. The van der Waals surface area contributed by atoms with E-state index in [0.717, 1.165) is 12.8 Å². The van der Waals surface area contributed by atoms with Crippen molar-refractivity contribution < 1.29 is 38.8 Å². The number of amides is 2. The fourth-order valence-electron chi connectivity index (χ4n) is 4.99. The van der Waals surface area contributed by atoms with Crippen molar-refractivity contribution in [2.75, 3.05) is 19.8 Å². The normalized spacial score (nSPS) is 32.8. The number of nitrogens with one attached hydrogen (secondary N) is 1. The van der Waals surface area contributed by atoms with Gasteiger partial charge in [0.15, 0.2) is 0 Å². The minimum atomic E-state index is -1.54. The highest BCUT2D eigenvalue weighted by atomic mass is 35.5. The first-order valence-corrected chi connectivity index (χ1v) is 13.6. The Bertz CT molecular complexity index is 740. The summed E-state index contributed by atoms with van der Waals surface area (Å²) in [6.07, 6.45) is -3.42. The standard InChI is InChI=1S/C25H45ClFN3O7/c1-14(26)18(22-21(33)20(32)19(31)17(13-28)36-22)29-23(34)16-9-8-15(7-5-6-11-27)10-12-30(16)24(35)37-25(2,3)4/h14-22,31-33H,5-13,28H2,1-4H3,(H,29,34)/t14-,15-,16-,17?,18+,19-,20?,21-,22+/m0/s1. The Hall–Kier alpha value is -1.24. The summed E-state index contributed by atoms with van der Waals surface area (Å²) in [6, 6.07) is -1.81. The van der Waals surface area contributed by atoms with Gasteiger partial charge in [-0.05, 0) is 59.3 Å². The van der Waals surface area contributed by atoms with Gasteiger partial charge in [-0.2, -0.15) is 0 Å². The summed E-state index contributed by atoms with van der Waals surface area (Å²) in [4.78, 5) is 28.1. The monoisotopic (exact) mass is 553 g/mol. The molecule has 6 N–H and O–H groups in total. The number of aliphatic hydroxyl groups is 3. The van der Waals surface area contributed by atoms with Crippen LogP contribution >= 0.6 is 11.6 Å². The predicted molar refractivity (Wildman–Crippen MR) is 137 cm³/mol. The molecule has 0 aromatic carbocycles. The van der Waals surface area contributed by atoms with Gasteiger partial charge in [-0.25, -0.2) is 4.79 Å². The molecule has 10 nitrogen and oxygen atoms in total. The second-order valence-corrected chi connectivity index (χ2v) is 11.9. The van der Waals surface area contributed by atoms with Crippen molar-refractivity contribution in [3.8, 4) is 0 Å². The Balaban J connectivity index is 2.24. The summed E-state index contributed by atoms with van der Waals surface area (Å²) in [5.74, 6) is -0.254. The van der Waals surface area contributed by atoms with Gasteiger partial charge in [0.1, 0.15) is 36.1 Å². The van der Waals surface area contributed by atoms with Crippen molar-refractivity contribution in [3.63, 3.8) is 0 Å². The average molecular weight is 554 g/mol. The van der Waals surface area contributed by atoms with E-state index in [2.05, 4.69) is 5.32 Å². The van der Waals surface area contributed by atoms with E-state index in [0.29, 0.717) is 32.2 Å². The molecule has 12 heteroatoms. The van der Waals surface area contributed by atoms with Crippen LogP contribution in [-0.4, -0.2) is 106 Å². The summed E-state index contributed by atoms with van der Waals surface area (Å²) >= 11 is 6.40. The third-order valence-electron chi connectivity index (χ3n) is 7.07. The number of carbonyl (C=O) groups is 2. The molecule has 0 radical (unpaired) electrons. The van der Waals surface area contributed by atoms with Gasteiger partial charge in [0, 0.05) is 13.1 Å². The molecule has 0 spiro atoms. The molecule has 2 amide bonds. The van der Waals surface area contributed by atoms with E-state index in [9.17, 15) is 29.3 Å². The van der Waals surface area contributed by atoms with Crippen molar-refractivity contribution in [1.29, 1.82) is 0 Å². The molecule has 2 fully saturated rings. The van der Waals surface area contributed by atoms with Crippen LogP contribution in [0.5, 0.6) is 0 Å². The Morgan fingerprint density at radius 1 is 1.16 bits per heavy atom. The van der Waals surface area contributed by atoms with Crippen molar-refractivity contribution in [2.45, 2.75) is 120 Å². The molecule has 2 aliphatic heterocycles. The van der Waals surface area contributed by atoms with Crippen LogP contribution in [0.1, 0.15) is 66.2 Å². The van der Waals surface area contributed by atoms with E-state index in [-0.39, 0.29) is 19.1 Å². The number of halogens is 2. The third kappa shape index (κ3) is 8.90. The Morgan fingerprint density at radius 2 is 1.84 bits per heavy atom. The Morgan fingerprint density at radius 3 is 2.41 bits per heavy atom. The van der Waals surface area contributed by atoms with Gasteiger partial charge in [-0.3, -0.25) is 14.1 Å². The molecule has 2 rings (SSSR count). The van der Waals surface area contributed by atoms with Crippen LogP contribution in [-0.2, 0) is 14.3 Å². The maximum absolute atomic E-state index is 13.6. The first-order chi connectivity index (χ1) is 17.3. The number of unbranched alkanes of at least 4 members (excludes halogenated alkanes) is 1. The Labute approximate surface area is 224 Å².